The molecule has 0 radical (unpaired) electrons. The van der Waals surface area contributed by atoms with E-state index >= 15 is 0 Å². The van der Waals surface area contributed by atoms with Crippen LogP contribution < -0.4 is 10.1 Å². The molecule has 0 bridgehead atoms. The number of benzene rings is 2. The maximum absolute atomic E-state index is 11.9. The summed E-state index contributed by atoms with van der Waals surface area (Å²) in [4.78, 5) is 11.9. The quantitative estimate of drug-likeness (QED) is 0.506. The predicted molar refractivity (Wildman–Crippen MR) is 115 cm³/mol. The molecule has 0 atom stereocenters. The van der Waals surface area contributed by atoms with Gasteiger partial charge in [0.05, 0.1) is 12.4 Å². The molecular formula is C20H21BrN4O2S. The molecule has 3 aromatic rings. The number of hydrogen-bond donors (Lipinski definition) is 1. The van der Waals surface area contributed by atoms with Crippen LogP contribution in [0.2, 0.25) is 0 Å². The molecule has 8 heteroatoms. The number of nitrogens with zero attached hydrogens (tertiary/aromatic N) is 3. The van der Waals surface area contributed by atoms with Crippen molar-refractivity contribution in [1.82, 2.24) is 20.1 Å². The minimum Gasteiger partial charge on any atom is -0.494 e. The molecule has 0 saturated heterocycles. The Morgan fingerprint density at radius 3 is 2.46 bits per heavy atom. The molecule has 146 valence electrons. The zero-order valence-corrected chi connectivity index (χ0v) is 18.1. The van der Waals surface area contributed by atoms with E-state index in [1.807, 2.05) is 66.9 Å². The SMILES string of the molecule is CCNC(=O)CSc1nnc(-c2ccc(Br)cc2)n1-c1ccc(OCC)cc1. The Morgan fingerprint density at radius 2 is 1.82 bits per heavy atom. The second kappa shape index (κ2) is 9.75. The first-order chi connectivity index (χ1) is 13.6. The number of hydrogen-bond acceptors (Lipinski definition) is 5. The molecule has 1 N–H and O–H groups in total. The molecule has 0 fully saturated rings. The summed E-state index contributed by atoms with van der Waals surface area (Å²) >= 11 is 4.82. The Morgan fingerprint density at radius 1 is 1.11 bits per heavy atom. The number of aromatic nitrogens is 3. The van der Waals surface area contributed by atoms with Crippen molar-refractivity contribution in [3.63, 3.8) is 0 Å². The number of thioether (sulfide) groups is 1. The molecule has 0 aliphatic heterocycles. The minimum absolute atomic E-state index is 0.0288. The average molecular weight is 461 g/mol. The van der Waals surface area contributed by atoms with E-state index in [1.54, 1.807) is 0 Å². The third-order valence-corrected chi connectivity index (χ3v) is 5.31. The van der Waals surface area contributed by atoms with E-state index in [9.17, 15) is 4.79 Å². The van der Waals surface area contributed by atoms with Crippen LogP contribution in [0.5, 0.6) is 5.75 Å². The van der Waals surface area contributed by atoms with Crippen molar-refractivity contribution in [2.75, 3.05) is 18.9 Å². The van der Waals surface area contributed by atoms with Crippen molar-refractivity contribution in [1.29, 1.82) is 0 Å². The minimum atomic E-state index is -0.0288. The van der Waals surface area contributed by atoms with Crippen molar-refractivity contribution in [2.45, 2.75) is 19.0 Å². The summed E-state index contributed by atoms with van der Waals surface area (Å²) in [6, 6.07) is 15.7. The predicted octanol–water partition coefficient (Wildman–Crippen LogP) is 4.32. The van der Waals surface area contributed by atoms with E-state index in [4.69, 9.17) is 4.74 Å². The van der Waals surface area contributed by atoms with Gasteiger partial charge in [-0.05, 0) is 50.2 Å². The first-order valence-corrected chi connectivity index (χ1v) is 10.7. The van der Waals surface area contributed by atoms with Crippen LogP contribution in [0.3, 0.4) is 0 Å². The van der Waals surface area contributed by atoms with Crippen LogP contribution in [0.25, 0.3) is 17.1 Å². The van der Waals surface area contributed by atoms with Crippen molar-refractivity contribution < 1.29 is 9.53 Å². The maximum Gasteiger partial charge on any atom is 0.230 e. The highest BCUT2D eigenvalue weighted by molar-refractivity contribution is 9.10. The molecular weight excluding hydrogens is 440 g/mol. The lowest BCUT2D eigenvalue weighted by molar-refractivity contribution is -0.118. The van der Waals surface area contributed by atoms with Crippen LogP contribution in [0, 0.1) is 0 Å². The van der Waals surface area contributed by atoms with Crippen LogP contribution >= 0.6 is 27.7 Å². The first kappa shape index (κ1) is 20.4. The lowest BCUT2D eigenvalue weighted by atomic mass is 10.2. The average Bonchev–Trinajstić information content (AvgIpc) is 3.12. The Balaban J connectivity index is 1.98. The van der Waals surface area contributed by atoms with Gasteiger partial charge in [0.2, 0.25) is 5.91 Å². The van der Waals surface area contributed by atoms with E-state index in [0.717, 1.165) is 27.3 Å². The summed E-state index contributed by atoms with van der Waals surface area (Å²) in [5, 5.41) is 12.2. The summed E-state index contributed by atoms with van der Waals surface area (Å²) in [5.74, 6) is 1.78. The van der Waals surface area contributed by atoms with Gasteiger partial charge in [-0.15, -0.1) is 10.2 Å². The van der Waals surface area contributed by atoms with Crippen LogP contribution in [0.4, 0.5) is 0 Å². The molecule has 1 aromatic heterocycles. The molecule has 0 spiro atoms. The molecule has 0 unspecified atom stereocenters. The number of carbonyl (C=O) groups excluding carboxylic acids is 1. The highest BCUT2D eigenvalue weighted by Gasteiger charge is 2.17. The molecule has 0 saturated carbocycles. The second-order valence-corrected chi connectivity index (χ2v) is 7.68. The molecule has 3 rings (SSSR count). The fraction of sp³-hybridized carbons (Fsp3) is 0.250. The highest BCUT2D eigenvalue weighted by atomic mass is 79.9. The van der Waals surface area contributed by atoms with Crippen LogP contribution in [-0.4, -0.2) is 39.6 Å². The molecule has 1 amide bonds. The van der Waals surface area contributed by atoms with Crippen molar-refractivity contribution >= 4 is 33.6 Å². The van der Waals surface area contributed by atoms with E-state index in [-0.39, 0.29) is 11.7 Å². The number of ether oxygens (including phenoxy) is 1. The lowest BCUT2D eigenvalue weighted by Gasteiger charge is -2.11. The summed E-state index contributed by atoms with van der Waals surface area (Å²) in [5.41, 5.74) is 1.85. The third kappa shape index (κ3) is 4.94. The first-order valence-electron chi connectivity index (χ1n) is 8.96. The summed E-state index contributed by atoms with van der Waals surface area (Å²) in [6.45, 7) is 5.07. The summed E-state index contributed by atoms with van der Waals surface area (Å²) < 4.78 is 8.49. The van der Waals surface area contributed by atoms with Gasteiger partial charge in [-0.3, -0.25) is 9.36 Å². The largest absolute Gasteiger partial charge is 0.494 e. The van der Waals surface area contributed by atoms with E-state index in [1.165, 1.54) is 11.8 Å². The lowest BCUT2D eigenvalue weighted by Crippen LogP contribution is -2.24. The molecule has 2 aromatic carbocycles. The van der Waals surface area contributed by atoms with Gasteiger partial charge in [-0.2, -0.15) is 0 Å². The van der Waals surface area contributed by atoms with Gasteiger partial charge in [0.15, 0.2) is 11.0 Å². The van der Waals surface area contributed by atoms with Crippen molar-refractivity contribution in [3.8, 4) is 22.8 Å². The topological polar surface area (TPSA) is 69.0 Å². The Kier molecular flexibility index (Phi) is 7.11. The Labute approximate surface area is 176 Å². The summed E-state index contributed by atoms with van der Waals surface area (Å²) in [6.07, 6.45) is 0. The van der Waals surface area contributed by atoms with Gasteiger partial charge in [0, 0.05) is 22.3 Å². The van der Waals surface area contributed by atoms with Crippen LogP contribution in [0.1, 0.15) is 13.8 Å². The molecule has 6 nitrogen and oxygen atoms in total. The smallest absolute Gasteiger partial charge is 0.230 e. The van der Waals surface area contributed by atoms with E-state index in [0.29, 0.717) is 18.3 Å². The highest BCUT2D eigenvalue weighted by Crippen LogP contribution is 2.29. The Hall–Kier alpha value is -2.32. The van der Waals surface area contributed by atoms with E-state index < -0.39 is 0 Å². The van der Waals surface area contributed by atoms with Crippen molar-refractivity contribution in [3.05, 3.63) is 53.0 Å². The maximum atomic E-state index is 11.9. The molecule has 28 heavy (non-hydrogen) atoms. The fourth-order valence-corrected chi connectivity index (χ4v) is 3.66. The zero-order chi connectivity index (χ0) is 19.9. The zero-order valence-electron chi connectivity index (χ0n) is 15.7. The second-order valence-electron chi connectivity index (χ2n) is 5.82. The number of nitrogens with one attached hydrogen (secondary N) is 1. The number of rotatable bonds is 8. The third-order valence-electron chi connectivity index (χ3n) is 3.85. The van der Waals surface area contributed by atoms with Crippen LogP contribution in [0.15, 0.2) is 58.2 Å². The fourth-order valence-electron chi connectivity index (χ4n) is 2.62. The van der Waals surface area contributed by atoms with Gasteiger partial charge >= 0.3 is 0 Å². The molecule has 1 heterocycles. The van der Waals surface area contributed by atoms with Gasteiger partial charge in [-0.25, -0.2) is 0 Å². The standard InChI is InChI=1S/C20H21BrN4O2S/c1-3-22-18(26)13-28-20-24-23-19(14-5-7-15(21)8-6-14)25(20)16-9-11-17(12-10-16)27-4-2/h5-12H,3-4,13H2,1-2H3,(H,22,26). The normalized spacial score (nSPS) is 10.7. The van der Waals surface area contributed by atoms with Gasteiger partial charge < -0.3 is 10.1 Å². The molecule has 0 aliphatic carbocycles. The van der Waals surface area contributed by atoms with Gasteiger partial charge in [0.1, 0.15) is 5.75 Å². The van der Waals surface area contributed by atoms with Crippen molar-refractivity contribution in [2.24, 2.45) is 0 Å². The molecule has 0 aliphatic rings. The number of halogens is 1. The Bertz CT molecular complexity index is 926. The van der Waals surface area contributed by atoms with Gasteiger partial charge in [0.25, 0.3) is 0 Å². The summed E-state index contributed by atoms with van der Waals surface area (Å²) in [7, 11) is 0. The van der Waals surface area contributed by atoms with Gasteiger partial charge in [-0.1, -0.05) is 39.8 Å². The van der Waals surface area contributed by atoms with E-state index in [2.05, 4.69) is 31.4 Å². The monoisotopic (exact) mass is 460 g/mol. The number of amides is 1. The number of carbonyl (C=O) groups is 1. The van der Waals surface area contributed by atoms with Crippen LogP contribution in [-0.2, 0) is 4.79 Å².